The van der Waals surface area contributed by atoms with Gasteiger partial charge in [-0.2, -0.15) is 5.10 Å². The first-order chi connectivity index (χ1) is 14.0. The van der Waals surface area contributed by atoms with Crippen molar-refractivity contribution in [2.75, 3.05) is 20.3 Å². The number of methoxy groups -OCH3 is 1. The van der Waals surface area contributed by atoms with Crippen molar-refractivity contribution in [2.45, 2.75) is 13.5 Å². The van der Waals surface area contributed by atoms with Gasteiger partial charge in [0, 0.05) is 18.2 Å². The molecule has 150 valence electrons. The van der Waals surface area contributed by atoms with Gasteiger partial charge in [0.15, 0.2) is 6.61 Å². The molecule has 0 spiro atoms. The lowest BCUT2D eigenvalue weighted by Crippen LogP contribution is -2.34. The maximum Gasteiger partial charge on any atom is 0.266 e. The molecule has 2 aromatic carbocycles. The zero-order chi connectivity index (χ0) is 20.6. The molecule has 0 aliphatic rings. The molecule has 0 bridgehead atoms. The normalized spacial score (nSPS) is 10.4. The van der Waals surface area contributed by atoms with E-state index < -0.39 is 0 Å². The molecule has 7 nitrogen and oxygen atoms in total. The Morgan fingerprint density at radius 2 is 1.86 bits per heavy atom. The van der Waals surface area contributed by atoms with Crippen molar-refractivity contribution in [3.05, 3.63) is 76.6 Å². The van der Waals surface area contributed by atoms with Crippen LogP contribution in [0.3, 0.4) is 0 Å². The number of ether oxygens (including phenoxy) is 2. The van der Waals surface area contributed by atoms with Crippen molar-refractivity contribution in [3.63, 3.8) is 0 Å². The van der Waals surface area contributed by atoms with Gasteiger partial charge >= 0.3 is 0 Å². The summed E-state index contributed by atoms with van der Waals surface area (Å²) in [6.45, 7) is 2.41. The Balaban J connectivity index is 1.54. The highest BCUT2D eigenvalue weighted by atomic mass is 16.5. The third kappa shape index (κ3) is 5.68. The quantitative estimate of drug-likeness (QED) is 0.636. The fraction of sp³-hybridized carbons (Fsp3) is 0.227. The van der Waals surface area contributed by atoms with Crippen molar-refractivity contribution in [2.24, 2.45) is 0 Å². The van der Waals surface area contributed by atoms with Gasteiger partial charge in [-0.05, 0) is 55.0 Å². The second-order valence-corrected chi connectivity index (χ2v) is 6.46. The van der Waals surface area contributed by atoms with E-state index in [0.29, 0.717) is 11.4 Å². The van der Waals surface area contributed by atoms with Gasteiger partial charge in [-0.3, -0.25) is 9.59 Å². The number of nitrogens with one attached hydrogen (secondary N) is 1. The van der Waals surface area contributed by atoms with E-state index in [-0.39, 0.29) is 31.2 Å². The van der Waals surface area contributed by atoms with E-state index in [9.17, 15) is 9.59 Å². The van der Waals surface area contributed by atoms with Crippen LogP contribution in [0.1, 0.15) is 5.56 Å². The van der Waals surface area contributed by atoms with Gasteiger partial charge in [0.25, 0.3) is 11.5 Å². The molecule has 1 aromatic heterocycles. The predicted octanol–water partition coefficient (Wildman–Crippen LogP) is 2.42. The molecular weight excluding hydrogens is 370 g/mol. The minimum Gasteiger partial charge on any atom is -0.497 e. The van der Waals surface area contributed by atoms with Crippen LogP contribution < -0.4 is 20.3 Å². The van der Waals surface area contributed by atoms with E-state index >= 15 is 0 Å². The van der Waals surface area contributed by atoms with Gasteiger partial charge in [-0.25, -0.2) is 4.68 Å². The van der Waals surface area contributed by atoms with E-state index in [4.69, 9.17) is 9.47 Å². The summed E-state index contributed by atoms with van der Waals surface area (Å²) in [4.78, 5) is 24.0. The van der Waals surface area contributed by atoms with Crippen LogP contribution in [0.5, 0.6) is 11.5 Å². The molecule has 0 aliphatic carbocycles. The molecule has 0 aliphatic heterocycles. The molecule has 0 unspecified atom stereocenters. The van der Waals surface area contributed by atoms with Gasteiger partial charge in [0.05, 0.1) is 19.3 Å². The Morgan fingerprint density at radius 3 is 2.59 bits per heavy atom. The lowest BCUT2D eigenvalue weighted by atomic mass is 10.1. The lowest BCUT2D eigenvalue weighted by Gasteiger charge is -2.10. The zero-order valence-corrected chi connectivity index (χ0v) is 16.4. The predicted molar refractivity (Wildman–Crippen MR) is 110 cm³/mol. The van der Waals surface area contributed by atoms with Gasteiger partial charge in [0.2, 0.25) is 0 Å². The standard InChI is InChI=1S/C22H23N3O4/c1-16-4-3-5-19(14-16)29-15-21(26)23-12-13-25-22(27)11-10-20(24-25)17-6-8-18(28-2)9-7-17/h3-11,14H,12-13,15H2,1-2H3,(H,23,26). The molecule has 0 fully saturated rings. The number of amides is 1. The average Bonchev–Trinajstić information content (AvgIpc) is 2.74. The smallest absolute Gasteiger partial charge is 0.266 e. The first-order valence-electron chi connectivity index (χ1n) is 9.24. The van der Waals surface area contributed by atoms with Gasteiger partial charge < -0.3 is 14.8 Å². The van der Waals surface area contributed by atoms with Crippen LogP contribution in [0.2, 0.25) is 0 Å². The monoisotopic (exact) mass is 393 g/mol. The second-order valence-electron chi connectivity index (χ2n) is 6.46. The van der Waals surface area contributed by atoms with Gasteiger partial charge in [0.1, 0.15) is 11.5 Å². The van der Waals surface area contributed by atoms with E-state index in [2.05, 4.69) is 10.4 Å². The summed E-state index contributed by atoms with van der Waals surface area (Å²) in [6.07, 6.45) is 0. The number of nitrogens with zero attached hydrogens (tertiary/aromatic N) is 2. The molecule has 7 heteroatoms. The highest BCUT2D eigenvalue weighted by Gasteiger charge is 2.06. The summed E-state index contributed by atoms with van der Waals surface area (Å²) in [6, 6.07) is 18.1. The molecule has 29 heavy (non-hydrogen) atoms. The Labute approximate surface area is 168 Å². The Kier molecular flexibility index (Phi) is 6.63. The van der Waals surface area contributed by atoms with Crippen LogP contribution in [-0.2, 0) is 11.3 Å². The van der Waals surface area contributed by atoms with Crippen LogP contribution in [-0.4, -0.2) is 35.9 Å². The molecule has 0 saturated heterocycles. The highest BCUT2D eigenvalue weighted by molar-refractivity contribution is 5.77. The van der Waals surface area contributed by atoms with Crippen molar-refractivity contribution in [1.82, 2.24) is 15.1 Å². The van der Waals surface area contributed by atoms with Crippen molar-refractivity contribution in [1.29, 1.82) is 0 Å². The number of aromatic nitrogens is 2. The van der Waals surface area contributed by atoms with Gasteiger partial charge in [-0.1, -0.05) is 12.1 Å². The molecule has 0 atom stereocenters. The SMILES string of the molecule is COc1ccc(-c2ccc(=O)n(CCNC(=O)COc3cccc(C)c3)n2)cc1. The third-order valence-electron chi connectivity index (χ3n) is 4.26. The fourth-order valence-corrected chi connectivity index (χ4v) is 2.73. The van der Waals surface area contributed by atoms with E-state index in [1.807, 2.05) is 49.4 Å². The third-order valence-corrected chi connectivity index (χ3v) is 4.26. The Bertz CT molecular complexity index is 1030. The van der Waals surface area contributed by atoms with Crippen LogP contribution in [0.25, 0.3) is 11.3 Å². The Hall–Kier alpha value is -3.61. The minimum absolute atomic E-state index is 0.0856. The summed E-state index contributed by atoms with van der Waals surface area (Å²) in [7, 11) is 1.60. The average molecular weight is 393 g/mol. The van der Waals surface area contributed by atoms with Crippen molar-refractivity contribution in [3.8, 4) is 22.8 Å². The van der Waals surface area contributed by atoms with Crippen LogP contribution >= 0.6 is 0 Å². The number of hydrogen-bond acceptors (Lipinski definition) is 5. The molecular formula is C22H23N3O4. The molecule has 0 saturated carbocycles. The summed E-state index contributed by atoms with van der Waals surface area (Å²) >= 11 is 0. The molecule has 3 aromatic rings. The van der Waals surface area contributed by atoms with Crippen molar-refractivity contribution < 1.29 is 14.3 Å². The second kappa shape index (κ2) is 9.54. The van der Waals surface area contributed by atoms with Crippen LogP contribution in [0.4, 0.5) is 0 Å². The minimum atomic E-state index is -0.258. The first-order valence-corrected chi connectivity index (χ1v) is 9.24. The topological polar surface area (TPSA) is 82.5 Å². The van der Waals surface area contributed by atoms with Gasteiger partial charge in [-0.15, -0.1) is 0 Å². The van der Waals surface area contributed by atoms with E-state index in [0.717, 1.165) is 16.9 Å². The highest BCUT2D eigenvalue weighted by Crippen LogP contribution is 2.19. The summed E-state index contributed by atoms with van der Waals surface area (Å²) in [5.41, 5.74) is 2.37. The largest absolute Gasteiger partial charge is 0.497 e. The molecule has 1 heterocycles. The van der Waals surface area contributed by atoms with E-state index in [1.165, 1.54) is 10.7 Å². The summed E-state index contributed by atoms with van der Waals surface area (Å²) in [5, 5.41) is 7.12. The number of rotatable bonds is 8. The summed E-state index contributed by atoms with van der Waals surface area (Å²) < 4.78 is 12.0. The maximum absolute atomic E-state index is 12.1. The van der Waals surface area contributed by atoms with Crippen molar-refractivity contribution >= 4 is 5.91 Å². The Morgan fingerprint density at radius 1 is 1.07 bits per heavy atom. The number of benzene rings is 2. The molecule has 1 N–H and O–H groups in total. The zero-order valence-electron chi connectivity index (χ0n) is 16.4. The molecule has 0 radical (unpaired) electrons. The van der Waals surface area contributed by atoms with Crippen LogP contribution in [0.15, 0.2) is 65.5 Å². The number of aryl methyl sites for hydroxylation is 1. The molecule has 1 amide bonds. The maximum atomic E-state index is 12.1. The van der Waals surface area contributed by atoms with E-state index in [1.54, 1.807) is 19.2 Å². The molecule has 3 rings (SSSR count). The van der Waals surface area contributed by atoms with Crippen LogP contribution in [0, 0.1) is 6.92 Å². The summed E-state index contributed by atoms with van der Waals surface area (Å²) in [5.74, 6) is 1.13. The fourth-order valence-electron chi connectivity index (χ4n) is 2.73. The number of carbonyl (C=O) groups is 1. The first kappa shape index (κ1) is 20.1. The lowest BCUT2D eigenvalue weighted by molar-refractivity contribution is -0.123. The number of hydrogen-bond donors (Lipinski definition) is 1. The number of carbonyl (C=O) groups excluding carboxylic acids is 1.